The van der Waals surface area contributed by atoms with Crippen molar-refractivity contribution in [1.29, 1.82) is 0 Å². The smallest absolute Gasteiger partial charge is 0.0587 e. The molecule has 96 valence electrons. The van der Waals surface area contributed by atoms with Gasteiger partial charge in [-0.3, -0.25) is 0 Å². The highest BCUT2D eigenvalue weighted by molar-refractivity contribution is 4.67. The van der Waals surface area contributed by atoms with Crippen LogP contribution in [0, 0.1) is 5.92 Å². The zero-order valence-electron chi connectivity index (χ0n) is 11.0. The van der Waals surface area contributed by atoms with E-state index in [4.69, 9.17) is 4.74 Å². The molecule has 0 aromatic heterocycles. The van der Waals surface area contributed by atoms with Crippen LogP contribution in [-0.4, -0.2) is 51.3 Å². The molecule has 1 N–H and O–H groups in total. The van der Waals surface area contributed by atoms with Gasteiger partial charge < -0.3 is 15.0 Å². The number of hydrogen-bond donors (Lipinski definition) is 1. The minimum Gasteiger partial charge on any atom is -0.383 e. The van der Waals surface area contributed by atoms with E-state index in [9.17, 15) is 0 Å². The van der Waals surface area contributed by atoms with Crippen LogP contribution in [0.5, 0.6) is 0 Å². The molecule has 0 amide bonds. The van der Waals surface area contributed by atoms with Gasteiger partial charge >= 0.3 is 0 Å². The predicted octanol–water partition coefficient (Wildman–Crippen LogP) is 1.73. The Morgan fingerprint density at radius 2 is 2.12 bits per heavy atom. The quantitative estimate of drug-likeness (QED) is 0.672. The molecule has 0 spiro atoms. The summed E-state index contributed by atoms with van der Waals surface area (Å²) in [5.41, 5.74) is 0. The molecule has 0 saturated carbocycles. The zero-order valence-corrected chi connectivity index (χ0v) is 11.0. The van der Waals surface area contributed by atoms with Crippen LogP contribution in [-0.2, 0) is 4.74 Å². The molecule has 3 heteroatoms. The van der Waals surface area contributed by atoms with Crippen molar-refractivity contribution in [2.75, 3.05) is 46.4 Å². The minimum absolute atomic E-state index is 0.821. The van der Waals surface area contributed by atoms with E-state index >= 15 is 0 Å². The van der Waals surface area contributed by atoms with Crippen molar-refractivity contribution < 1.29 is 4.74 Å². The monoisotopic (exact) mass is 228 g/mol. The van der Waals surface area contributed by atoms with Gasteiger partial charge in [-0.2, -0.15) is 0 Å². The van der Waals surface area contributed by atoms with Crippen LogP contribution >= 0.6 is 0 Å². The van der Waals surface area contributed by atoms with E-state index in [0.29, 0.717) is 0 Å². The van der Waals surface area contributed by atoms with Crippen molar-refractivity contribution in [3.8, 4) is 0 Å². The van der Waals surface area contributed by atoms with Gasteiger partial charge in [0.1, 0.15) is 0 Å². The van der Waals surface area contributed by atoms with Crippen molar-refractivity contribution in [2.24, 2.45) is 5.92 Å². The highest BCUT2D eigenvalue weighted by atomic mass is 16.5. The largest absolute Gasteiger partial charge is 0.383 e. The molecule has 1 atom stereocenters. The molecule has 16 heavy (non-hydrogen) atoms. The summed E-state index contributed by atoms with van der Waals surface area (Å²) in [5.74, 6) is 0.935. The normalized spacial score (nSPS) is 23.2. The fraction of sp³-hybridized carbons (Fsp3) is 1.00. The van der Waals surface area contributed by atoms with E-state index in [0.717, 1.165) is 25.6 Å². The molecule has 1 rings (SSSR count). The summed E-state index contributed by atoms with van der Waals surface area (Å²) in [5, 5.41) is 3.40. The van der Waals surface area contributed by atoms with E-state index in [1.54, 1.807) is 7.11 Å². The fourth-order valence-corrected chi connectivity index (χ4v) is 2.27. The van der Waals surface area contributed by atoms with E-state index < -0.39 is 0 Å². The molecule has 0 aromatic carbocycles. The maximum atomic E-state index is 4.99. The molecule has 1 heterocycles. The number of nitrogens with zero attached hydrogens (tertiary/aromatic N) is 1. The lowest BCUT2D eigenvalue weighted by atomic mass is 10.0. The van der Waals surface area contributed by atoms with Gasteiger partial charge in [-0.05, 0) is 57.8 Å². The Morgan fingerprint density at radius 1 is 1.25 bits per heavy atom. The summed E-state index contributed by atoms with van der Waals surface area (Å²) in [7, 11) is 1.75. The number of methoxy groups -OCH3 is 1. The van der Waals surface area contributed by atoms with Crippen molar-refractivity contribution in [3.05, 3.63) is 0 Å². The van der Waals surface area contributed by atoms with Crippen molar-refractivity contribution in [1.82, 2.24) is 10.2 Å². The van der Waals surface area contributed by atoms with E-state index in [1.807, 2.05) is 0 Å². The van der Waals surface area contributed by atoms with Crippen LogP contribution in [0.4, 0.5) is 0 Å². The Bertz CT molecular complexity index is 164. The molecule has 1 fully saturated rings. The Labute approximate surface area is 101 Å². The fourth-order valence-electron chi connectivity index (χ4n) is 2.27. The summed E-state index contributed by atoms with van der Waals surface area (Å²) in [6.07, 6.45) is 5.45. The second-order valence-corrected chi connectivity index (χ2v) is 4.97. The van der Waals surface area contributed by atoms with Gasteiger partial charge in [-0.25, -0.2) is 0 Å². The zero-order chi connectivity index (χ0) is 11.6. The number of hydrogen-bond acceptors (Lipinski definition) is 3. The van der Waals surface area contributed by atoms with Crippen LogP contribution in [0.15, 0.2) is 0 Å². The van der Waals surface area contributed by atoms with Crippen molar-refractivity contribution >= 4 is 0 Å². The van der Waals surface area contributed by atoms with Gasteiger partial charge in [-0.1, -0.05) is 6.92 Å². The molecule has 0 bridgehead atoms. The SMILES string of the molecule is COCCNCCCN1CCCC(C)CC1. The Kier molecular flexibility index (Phi) is 7.81. The second-order valence-electron chi connectivity index (χ2n) is 4.97. The van der Waals surface area contributed by atoms with Crippen LogP contribution in [0.25, 0.3) is 0 Å². The number of ether oxygens (including phenoxy) is 1. The lowest BCUT2D eigenvalue weighted by Crippen LogP contribution is -2.29. The molecule has 1 aliphatic rings. The predicted molar refractivity (Wildman–Crippen MR) is 68.8 cm³/mol. The first kappa shape index (κ1) is 13.9. The molecule has 3 nitrogen and oxygen atoms in total. The average molecular weight is 228 g/mol. The summed E-state index contributed by atoms with van der Waals surface area (Å²) < 4.78 is 4.99. The Morgan fingerprint density at radius 3 is 2.94 bits per heavy atom. The van der Waals surface area contributed by atoms with Gasteiger partial charge in [0, 0.05) is 13.7 Å². The van der Waals surface area contributed by atoms with Crippen LogP contribution < -0.4 is 5.32 Å². The summed E-state index contributed by atoms with van der Waals surface area (Å²) in [6, 6.07) is 0. The Hall–Kier alpha value is -0.120. The van der Waals surface area contributed by atoms with E-state index in [2.05, 4.69) is 17.1 Å². The molecule has 1 aliphatic heterocycles. The first-order valence-electron chi connectivity index (χ1n) is 6.75. The first-order valence-corrected chi connectivity index (χ1v) is 6.75. The highest BCUT2D eigenvalue weighted by Gasteiger charge is 2.12. The van der Waals surface area contributed by atoms with Crippen molar-refractivity contribution in [3.63, 3.8) is 0 Å². The summed E-state index contributed by atoms with van der Waals surface area (Å²) in [6.45, 7) is 9.17. The summed E-state index contributed by atoms with van der Waals surface area (Å²) >= 11 is 0. The number of likely N-dealkylation sites (tertiary alicyclic amines) is 1. The van der Waals surface area contributed by atoms with Crippen LogP contribution in [0.3, 0.4) is 0 Å². The first-order chi connectivity index (χ1) is 7.83. The maximum absolute atomic E-state index is 4.99. The maximum Gasteiger partial charge on any atom is 0.0587 e. The third-order valence-electron chi connectivity index (χ3n) is 3.42. The minimum atomic E-state index is 0.821. The third kappa shape index (κ3) is 6.46. The van der Waals surface area contributed by atoms with Gasteiger partial charge in [0.2, 0.25) is 0 Å². The molecule has 0 radical (unpaired) electrons. The third-order valence-corrected chi connectivity index (χ3v) is 3.42. The van der Waals surface area contributed by atoms with E-state index in [1.165, 1.54) is 45.3 Å². The standard InChI is InChI=1S/C13H28N2O/c1-13-5-3-9-15(11-6-13)10-4-7-14-8-12-16-2/h13-14H,3-12H2,1-2H3. The molecule has 0 aromatic rings. The van der Waals surface area contributed by atoms with Crippen molar-refractivity contribution in [2.45, 2.75) is 32.6 Å². The molecule has 1 saturated heterocycles. The summed E-state index contributed by atoms with van der Waals surface area (Å²) in [4.78, 5) is 2.63. The average Bonchev–Trinajstić information content (AvgIpc) is 2.49. The van der Waals surface area contributed by atoms with Gasteiger partial charge in [0.05, 0.1) is 6.61 Å². The van der Waals surface area contributed by atoms with E-state index in [-0.39, 0.29) is 0 Å². The number of rotatable bonds is 7. The second kappa shape index (κ2) is 8.97. The van der Waals surface area contributed by atoms with Crippen LogP contribution in [0.2, 0.25) is 0 Å². The lowest BCUT2D eigenvalue weighted by Gasteiger charge is -2.19. The lowest BCUT2D eigenvalue weighted by molar-refractivity contribution is 0.198. The Balaban J connectivity index is 1.95. The molecule has 0 aliphatic carbocycles. The topological polar surface area (TPSA) is 24.5 Å². The van der Waals surface area contributed by atoms with Gasteiger partial charge in [0.25, 0.3) is 0 Å². The van der Waals surface area contributed by atoms with Crippen LogP contribution in [0.1, 0.15) is 32.6 Å². The highest BCUT2D eigenvalue weighted by Crippen LogP contribution is 2.16. The van der Waals surface area contributed by atoms with Gasteiger partial charge in [-0.15, -0.1) is 0 Å². The molecular formula is C13H28N2O. The molecular weight excluding hydrogens is 200 g/mol. The molecule has 1 unspecified atom stereocenters. The van der Waals surface area contributed by atoms with Gasteiger partial charge in [0.15, 0.2) is 0 Å². The number of nitrogens with one attached hydrogen (secondary N) is 1.